The lowest BCUT2D eigenvalue weighted by Gasteiger charge is -2.25. The van der Waals surface area contributed by atoms with Crippen molar-refractivity contribution in [1.29, 1.82) is 5.26 Å². The van der Waals surface area contributed by atoms with Crippen molar-refractivity contribution in [3.05, 3.63) is 23.8 Å². The lowest BCUT2D eigenvalue weighted by atomic mass is 10.1. The Kier molecular flexibility index (Phi) is 4.23. The summed E-state index contributed by atoms with van der Waals surface area (Å²) in [5.74, 6) is 0.637. The summed E-state index contributed by atoms with van der Waals surface area (Å²) in [6.07, 6.45) is 2.57. The standard InChI is InChI=1S/C17H22N2O3/c1-17(20)6-7-19(12-17)14-3-2-13(11-18)16(10-14)22-15-4-8-21-9-5-15/h2-3,10,15,20H,4-9,12H2,1H3. The molecule has 1 aromatic carbocycles. The van der Waals surface area contributed by atoms with Crippen LogP contribution in [0.4, 0.5) is 5.69 Å². The Bertz CT molecular complexity index is 574. The van der Waals surface area contributed by atoms with Crippen LogP contribution >= 0.6 is 0 Å². The van der Waals surface area contributed by atoms with Crippen molar-refractivity contribution < 1.29 is 14.6 Å². The van der Waals surface area contributed by atoms with Crippen LogP contribution in [0.3, 0.4) is 0 Å². The van der Waals surface area contributed by atoms with Gasteiger partial charge in [-0.25, -0.2) is 0 Å². The molecule has 5 nitrogen and oxygen atoms in total. The molecule has 2 aliphatic rings. The summed E-state index contributed by atoms with van der Waals surface area (Å²) in [6.45, 7) is 4.70. The fourth-order valence-corrected chi connectivity index (χ4v) is 3.04. The monoisotopic (exact) mass is 302 g/mol. The number of anilines is 1. The molecular formula is C17H22N2O3. The molecule has 118 valence electrons. The number of benzene rings is 1. The summed E-state index contributed by atoms with van der Waals surface area (Å²) in [4.78, 5) is 2.14. The summed E-state index contributed by atoms with van der Waals surface area (Å²) in [5.41, 5.74) is 0.912. The molecule has 1 unspecified atom stereocenters. The van der Waals surface area contributed by atoms with Gasteiger partial charge >= 0.3 is 0 Å². The van der Waals surface area contributed by atoms with Crippen LogP contribution in [0.15, 0.2) is 18.2 Å². The Labute approximate surface area is 131 Å². The molecular weight excluding hydrogens is 280 g/mol. The molecule has 1 aromatic rings. The van der Waals surface area contributed by atoms with Crippen LogP contribution in [0.1, 0.15) is 31.7 Å². The average molecular weight is 302 g/mol. The van der Waals surface area contributed by atoms with Gasteiger partial charge in [-0.3, -0.25) is 0 Å². The van der Waals surface area contributed by atoms with Crippen LogP contribution in [-0.2, 0) is 4.74 Å². The summed E-state index contributed by atoms with van der Waals surface area (Å²) in [5, 5.41) is 19.4. The lowest BCUT2D eigenvalue weighted by Crippen LogP contribution is -2.29. The Morgan fingerprint density at radius 1 is 1.41 bits per heavy atom. The van der Waals surface area contributed by atoms with E-state index in [4.69, 9.17) is 9.47 Å². The Balaban J connectivity index is 1.79. The molecule has 3 rings (SSSR count). The number of aliphatic hydroxyl groups is 1. The maximum Gasteiger partial charge on any atom is 0.139 e. The highest BCUT2D eigenvalue weighted by Gasteiger charge is 2.31. The van der Waals surface area contributed by atoms with Gasteiger partial charge in [0.1, 0.15) is 17.9 Å². The van der Waals surface area contributed by atoms with E-state index in [0.29, 0.717) is 31.1 Å². The number of β-amino-alcohol motifs (C(OH)–C–C–N with tert-alkyl or cyclic N) is 1. The van der Waals surface area contributed by atoms with Crippen LogP contribution in [0, 0.1) is 11.3 Å². The first kappa shape index (κ1) is 15.1. The molecule has 1 atom stereocenters. The van der Waals surface area contributed by atoms with Crippen molar-refractivity contribution >= 4 is 5.69 Å². The van der Waals surface area contributed by atoms with E-state index in [1.54, 1.807) is 6.07 Å². The minimum Gasteiger partial charge on any atom is -0.489 e. The zero-order chi connectivity index (χ0) is 15.6. The first-order valence-electron chi connectivity index (χ1n) is 7.83. The summed E-state index contributed by atoms with van der Waals surface area (Å²) in [7, 11) is 0. The topological polar surface area (TPSA) is 65.7 Å². The summed E-state index contributed by atoms with van der Waals surface area (Å²) in [6, 6.07) is 7.85. The van der Waals surface area contributed by atoms with E-state index in [9.17, 15) is 10.4 Å². The molecule has 22 heavy (non-hydrogen) atoms. The number of ether oxygens (including phenoxy) is 2. The van der Waals surface area contributed by atoms with Gasteiger partial charge in [-0.05, 0) is 25.5 Å². The fraction of sp³-hybridized carbons (Fsp3) is 0.588. The molecule has 0 spiro atoms. The third kappa shape index (κ3) is 3.34. The van der Waals surface area contributed by atoms with Crippen molar-refractivity contribution in [1.82, 2.24) is 0 Å². The molecule has 2 saturated heterocycles. The van der Waals surface area contributed by atoms with Crippen molar-refractivity contribution in [2.24, 2.45) is 0 Å². The largest absolute Gasteiger partial charge is 0.489 e. The molecule has 0 bridgehead atoms. The third-order valence-corrected chi connectivity index (χ3v) is 4.36. The van der Waals surface area contributed by atoms with E-state index in [2.05, 4.69) is 11.0 Å². The minimum atomic E-state index is -0.643. The zero-order valence-electron chi connectivity index (χ0n) is 12.9. The fourth-order valence-electron chi connectivity index (χ4n) is 3.04. The van der Waals surface area contributed by atoms with E-state index in [1.807, 2.05) is 19.1 Å². The summed E-state index contributed by atoms with van der Waals surface area (Å²) >= 11 is 0. The van der Waals surface area contributed by atoms with Gasteiger partial charge in [0.05, 0.1) is 24.4 Å². The van der Waals surface area contributed by atoms with Crippen LogP contribution in [0.5, 0.6) is 5.75 Å². The van der Waals surface area contributed by atoms with Gasteiger partial charge in [0.25, 0.3) is 0 Å². The molecule has 0 amide bonds. The predicted octanol–water partition coefficient (Wildman–Crippen LogP) is 2.08. The van der Waals surface area contributed by atoms with Crippen LogP contribution in [0.25, 0.3) is 0 Å². The molecule has 2 aliphatic heterocycles. The quantitative estimate of drug-likeness (QED) is 0.926. The highest BCUT2D eigenvalue weighted by Crippen LogP contribution is 2.31. The van der Waals surface area contributed by atoms with Gasteiger partial charge < -0.3 is 19.5 Å². The normalized spacial score (nSPS) is 26.0. The van der Waals surface area contributed by atoms with E-state index < -0.39 is 5.60 Å². The third-order valence-electron chi connectivity index (χ3n) is 4.36. The van der Waals surface area contributed by atoms with Crippen molar-refractivity contribution in [2.75, 3.05) is 31.2 Å². The predicted molar refractivity (Wildman–Crippen MR) is 83.1 cm³/mol. The van der Waals surface area contributed by atoms with Gasteiger partial charge in [0, 0.05) is 37.7 Å². The number of nitrogens with zero attached hydrogens (tertiary/aromatic N) is 2. The average Bonchev–Trinajstić information content (AvgIpc) is 2.88. The molecule has 0 saturated carbocycles. The molecule has 1 N–H and O–H groups in total. The Morgan fingerprint density at radius 2 is 2.18 bits per heavy atom. The van der Waals surface area contributed by atoms with E-state index in [-0.39, 0.29) is 6.10 Å². The SMILES string of the molecule is CC1(O)CCN(c2ccc(C#N)c(OC3CCOCC3)c2)C1. The maximum atomic E-state index is 10.1. The van der Waals surface area contributed by atoms with E-state index in [0.717, 1.165) is 31.5 Å². The zero-order valence-corrected chi connectivity index (χ0v) is 12.9. The molecule has 0 aliphatic carbocycles. The highest BCUT2D eigenvalue weighted by atomic mass is 16.5. The van der Waals surface area contributed by atoms with Gasteiger partial charge in [-0.2, -0.15) is 5.26 Å². The van der Waals surface area contributed by atoms with Crippen LogP contribution in [0.2, 0.25) is 0 Å². The second-order valence-electron chi connectivity index (χ2n) is 6.39. The molecule has 2 heterocycles. The van der Waals surface area contributed by atoms with Crippen molar-refractivity contribution in [3.8, 4) is 11.8 Å². The first-order valence-corrected chi connectivity index (χ1v) is 7.83. The second kappa shape index (κ2) is 6.15. The molecule has 0 aromatic heterocycles. The maximum absolute atomic E-state index is 10.1. The summed E-state index contributed by atoms with van der Waals surface area (Å²) < 4.78 is 11.4. The van der Waals surface area contributed by atoms with Crippen molar-refractivity contribution in [2.45, 2.75) is 37.9 Å². The van der Waals surface area contributed by atoms with Gasteiger partial charge in [-0.15, -0.1) is 0 Å². The molecule has 5 heteroatoms. The first-order chi connectivity index (χ1) is 10.6. The number of hydrogen-bond acceptors (Lipinski definition) is 5. The molecule has 0 radical (unpaired) electrons. The number of rotatable bonds is 3. The van der Waals surface area contributed by atoms with E-state index >= 15 is 0 Å². The molecule has 2 fully saturated rings. The smallest absolute Gasteiger partial charge is 0.139 e. The lowest BCUT2D eigenvalue weighted by molar-refractivity contribution is 0.0254. The minimum absolute atomic E-state index is 0.109. The Hall–Kier alpha value is -1.77. The van der Waals surface area contributed by atoms with Crippen LogP contribution in [-0.4, -0.2) is 43.1 Å². The number of hydrogen-bond donors (Lipinski definition) is 1. The second-order valence-corrected chi connectivity index (χ2v) is 6.39. The van der Waals surface area contributed by atoms with E-state index in [1.165, 1.54) is 0 Å². The van der Waals surface area contributed by atoms with Gasteiger partial charge in [0.15, 0.2) is 0 Å². The Morgan fingerprint density at radius 3 is 2.82 bits per heavy atom. The highest BCUT2D eigenvalue weighted by molar-refractivity contribution is 5.57. The number of nitriles is 1. The van der Waals surface area contributed by atoms with Gasteiger partial charge in [-0.1, -0.05) is 0 Å². The van der Waals surface area contributed by atoms with Crippen molar-refractivity contribution in [3.63, 3.8) is 0 Å². The van der Waals surface area contributed by atoms with Crippen LogP contribution < -0.4 is 9.64 Å². The van der Waals surface area contributed by atoms with Gasteiger partial charge in [0.2, 0.25) is 0 Å².